The maximum Gasteiger partial charge on any atom is 2.00 e. The Labute approximate surface area is 142 Å². The van der Waals surface area contributed by atoms with Gasteiger partial charge in [-0.25, -0.2) is 0 Å². The molecule has 0 aliphatic rings. The number of ketones is 2. The van der Waals surface area contributed by atoms with Gasteiger partial charge in [-0.05, 0) is 0 Å². The van der Waals surface area contributed by atoms with Crippen molar-refractivity contribution in [3.63, 3.8) is 0 Å². The molecule has 0 saturated carbocycles. The number of carboxylic acid groups (broad SMARTS) is 2. The summed E-state index contributed by atoms with van der Waals surface area (Å²) in [4.78, 5) is 40.8. The van der Waals surface area contributed by atoms with Gasteiger partial charge in [0, 0.05) is 10.8 Å². The van der Waals surface area contributed by atoms with Gasteiger partial charge < -0.3 is 19.8 Å². The minimum atomic E-state index is -1.61. The third kappa shape index (κ3) is 11.1. The summed E-state index contributed by atoms with van der Waals surface area (Å²) in [5.41, 5.74) is -1.64. The largest absolute Gasteiger partial charge is 2.00 e. The first-order chi connectivity index (χ1) is 7.71. The number of carbonyl (C=O) groups is 4. The van der Waals surface area contributed by atoms with Gasteiger partial charge in [0.15, 0.2) is 11.6 Å². The molecule has 0 rings (SSSR count). The molecule has 0 amide bonds. The molecule has 0 N–H and O–H groups in total. The number of rotatable bonds is 2. The van der Waals surface area contributed by atoms with E-state index < -0.39 is 34.3 Å². The number of hydrogen-bond acceptors (Lipinski definition) is 6. The Morgan fingerprint density at radius 2 is 0.789 bits per heavy atom. The van der Waals surface area contributed by atoms with Crippen molar-refractivity contribution < 1.29 is 29.4 Å². The Balaban J connectivity index is -0.000000256. The standard InChI is InChI=1S/2C6H10O3.Ca/c2*1-6(2,3)4(7)5(8)9;/h2*1-3H3,(H,8,9);/q;;+2/p-2. The van der Waals surface area contributed by atoms with Crippen LogP contribution in [0.25, 0.3) is 0 Å². The first-order valence-corrected chi connectivity index (χ1v) is 5.22. The molecule has 0 radical (unpaired) electrons. The second kappa shape index (κ2) is 8.66. The van der Waals surface area contributed by atoms with Crippen LogP contribution in [0.3, 0.4) is 0 Å². The zero-order chi connectivity index (χ0) is 15.3. The van der Waals surface area contributed by atoms with Crippen molar-refractivity contribution in [2.45, 2.75) is 41.5 Å². The SMILES string of the molecule is CC(C)(C)C(=O)C(=O)[O-].CC(C)(C)C(=O)C(=O)[O-].[Ca+2]. The van der Waals surface area contributed by atoms with E-state index in [1.54, 1.807) is 0 Å². The number of Topliss-reactive ketones (excluding diaryl/α,β-unsaturated/α-hetero) is 2. The van der Waals surface area contributed by atoms with Gasteiger partial charge in [0.1, 0.15) is 11.9 Å². The molecule has 0 spiro atoms. The molecule has 0 aromatic heterocycles. The van der Waals surface area contributed by atoms with Crippen LogP contribution in [-0.4, -0.2) is 61.2 Å². The maximum absolute atomic E-state index is 10.5. The van der Waals surface area contributed by atoms with E-state index in [-0.39, 0.29) is 37.7 Å². The molecule has 0 aromatic carbocycles. The summed E-state index contributed by atoms with van der Waals surface area (Å²) in [5.74, 6) is -4.94. The molecule has 0 aromatic rings. The molecule has 7 heteroatoms. The molecule has 6 nitrogen and oxygen atoms in total. The Bertz CT molecular complexity index is 323. The van der Waals surface area contributed by atoms with E-state index in [2.05, 4.69) is 0 Å². The monoisotopic (exact) mass is 298 g/mol. The van der Waals surface area contributed by atoms with Crippen molar-refractivity contribution in [3.05, 3.63) is 0 Å². The number of carboxylic acids is 2. The quantitative estimate of drug-likeness (QED) is 0.444. The van der Waals surface area contributed by atoms with Crippen LogP contribution in [0.2, 0.25) is 0 Å². The van der Waals surface area contributed by atoms with Crippen molar-refractivity contribution in [2.24, 2.45) is 10.8 Å². The Kier molecular flexibility index (Phi) is 10.8. The minimum Gasteiger partial charge on any atom is -0.542 e. The molecule has 0 unspecified atom stereocenters. The maximum atomic E-state index is 10.5. The second-order valence-electron chi connectivity index (χ2n) is 5.73. The summed E-state index contributed by atoms with van der Waals surface area (Å²) in [5, 5.41) is 19.8. The van der Waals surface area contributed by atoms with Crippen LogP contribution in [0.4, 0.5) is 0 Å². The molecule has 0 bridgehead atoms. The van der Waals surface area contributed by atoms with Crippen LogP contribution in [0, 0.1) is 10.8 Å². The average molecular weight is 298 g/mol. The molecule has 0 atom stereocenters. The number of carbonyl (C=O) groups excluding carboxylic acids is 4. The van der Waals surface area contributed by atoms with E-state index in [1.165, 1.54) is 41.5 Å². The Hall–Kier alpha value is -0.460. The van der Waals surface area contributed by atoms with E-state index in [9.17, 15) is 29.4 Å². The van der Waals surface area contributed by atoms with Gasteiger partial charge in [0.2, 0.25) is 0 Å². The van der Waals surface area contributed by atoms with Gasteiger partial charge >= 0.3 is 37.7 Å². The molecule has 0 fully saturated rings. The van der Waals surface area contributed by atoms with E-state index >= 15 is 0 Å². The summed E-state index contributed by atoms with van der Waals surface area (Å²) in [6.45, 7) is 9.20. The van der Waals surface area contributed by atoms with Gasteiger partial charge in [-0.3, -0.25) is 9.59 Å². The Morgan fingerprint density at radius 1 is 0.632 bits per heavy atom. The smallest absolute Gasteiger partial charge is 0.542 e. The van der Waals surface area contributed by atoms with E-state index in [1.807, 2.05) is 0 Å². The molecule has 0 heterocycles. The minimum absolute atomic E-state index is 0. The molecular weight excluding hydrogens is 280 g/mol. The first-order valence-electron chi connectivity index (χ1n) is 5.22. The summed E-state index contributed by atoms with van der Waals surface area (Å²) in [6, 6.07) is 0. The average Bonchev–Trinajstić information content (AvgIpc) is 2.13. The molecule has 104 valence electrons. The van der Waals surface area contributed by atoms with Gasteiger partial charge in [-0.1, -0.05) is 41.5 Å². The summed E-state index contributed by atoms with van der Waals surface area (Å²) in [6.07, 6.45) is 0. The van der Waals surface area contributed by atoms with Crippen LogP contribution >= 0.6 is 0 Å². The summed E-state index contributed by atoms with van der Waals surface area (Å²) >= 11 is 0. The molecule has 0 aliphatic heterocycles. The van der Waals surface area contributed by atoms with Gasteiger partial charge in [0.05, 0.1) is 0 Å². The molecule has 19 heavy (non-hydrogen) atoms. The van der Waals surface area contributed by atoms with Crippen LogP contribution < -0.4 is 10.2 Å². The fourth-order valence-corrected chi connectivity index (χ4v) is 0.612. The summed E-state index contributed by atoms with van der Waals surface area (Å²) < 4.78 is 0. The van der Waals surface area contributed by atoms with Gasteiger partial charge in [0.25, 0.3) is 0 Å². The predicted molar refractivity (Wildman–Crippen MR) is 64.7 cm³/mol. The van der Waals surface area contributed by atoms with Crippen molar-refractivity contribution in [2.75, 3.05) is 0 Å². The zero-order valence-corrected chi connectivity index (χ0v) is 14.4. The van der Waals surface area contributed by atoms with E-state index in [4.69, 9.17) is 0 Å². The van der Waals surface area contributed by atoms with Crippen molar-refractivity contribution >= 4 is 61.2 Å². The zero-order valence-electron chi connectivity index (χ0n) is 12.2. The van der Waals surface area contributed by atoms with Crippen LogP contribution in [0.15, 0.2) is 0 Å². The second-order valence-corrected chi connectivity index (χ2v) is 5.73. The van der Waals surface area contributed by atoms with Crippen LogP contribution in [-0.2, 0) is 19.2 Å². The third-order valence-electron chi connectivity index (χ3n) is 1.73. The number of aliphatic carboxylic acids is 2. The molecule has 0 aliphatic carbocycles. The topological polar surface area (TPSA) is 114 Å². The van der Waals surface area contributed by atoms with Gasteiger partial charge in [-0.15, -0.1) is 0 Å². The van der Waals surface area contributed by atoms with E-state index in [0.29, 0.717) is 0 Å². The predicted octanol–water partition coefficient (Wildman–Crippen LogP) is -1.68. The molecule has 0 saturated heterocycles. The van der Waals surface area contributed by atoms with Crippen molar-refractivity contribution in [3.8, 4) is 0 Å². The van der Waals surface area contributed by atoms with E-state index in [0.717, 1.165) is 0 Å². The van der Waals surface area contributed by atoms with Crippen LogP contribution in [0.5, 0.6) is 0 Å². The van der Waals surface area contributed by atoms with Crippen molar-refractivity contribution in [1.82, 2.24) is 0 Å². The van der Waals surface area contributed by atoms with Crippen molar-refractivity contribution in [1.29, 1.82) is 0 Å². The number of hydrogen-bond donors (Lipinski definition) is 0. The van der Waals surface area contributed by atoms with Gasteiger partial charge in [-0.2, -0.15) is 0 Å². The third-order valence-corrected chi connectivity index (χ3v) is 1.73. The normalized spacial score (nSPS) is 10.4. The Morgan fingerprint density at radius 3 is 0.789 bits per heavy atom. The van der Waals surface area contributed by atoms with Crippen LogP contribution in [0.1, 0.15) is 41.5 Å². The fraction of sp³-hybridized carbons (Fsp3) is 0.667. The summed E-state index contributed by atoms with van der Waals surface area (Å²) in [7, 11) is 0. The molecular formula is C12H18CaO6. The fourth-order valence-electron chi connectivity index (χ4n) is 0.612. The first kappa shape index (κ1) is 23.6.